The Hall–Kier alpha value is -2.24. The van der Waals surface area contributed by atoms with E-state index in [0.717, 1.165) is 12.8 Å². The number of piperidine rings is 1. The number of rotatable bonds is 6. The molecule has 2 rings (SSSR count). The quantitative estimate of drug-likeness (QED) is 0.871. The number of nitrogens with zero attached hydrogens (tertiary/aromatic N) is 1. The Morgan fingerprint density at radius 1 is 1.30 bits per heavy atom. The molecule has 1 aromatic rings. The number of carboxylic acid groups (broad SMARTS) is 1. The van der Waals surface area contributed by atoms with Crippen LogP contribution < -0.4 is 9.47 Å². The van der Waals surface area contributed by atoms with Crippen LogP contribution in [0.1, 0.15) is 36.0 Å². The van der Waals surface area contributed by atoms with Crippen LogP contribution in [-0.2, 0) is 4.79 Å². The first-order chi connectivity index (χ1) is 11.0. The van der Waals surface area contributed by atoms with Crippen LogP contribution in [0, 0.1) is 5.92 Å². The largest absolute Gasteiger partial charge is 0.497 e. The molecule has 126 valence electrons. The van der Waals surface area contributed by atoms with E-state index < -0.39 is 5.97 Å². The van der Waals surface area contributed by atoms with Gasteiger partial charge < -0.3 is 19.5 Å². The molecule has 0 bridgehead atoms. The average molecular weight is 321 g/mol. The Balaban J connectivity index is 2.08. The molecule has 1 aliphatic heterocycles. The van der Waals surface area contributed by atoms with Crippen molar-refractivity contribution in [1.29, 1.82) is 0 Å². The molecule has 0 radical (unpaired) electrons. The molecule has 0 saturated carbocycles. The van der Waals surface area contributed by atoms with E-state index in [0.29, 0.717) is 36.6 Å². The predicted molar refractivity (Wildman–Crippen MR) is 85.0 cm³/mol. The molecule has 0 aromatic heterocycles. The van der Waals surface area contributed by atoms with Crippen molar-refractivity contribution in [3.05, 3.63) is 23.8 Å². The van der Waals surface area contributed by atoms with Gasteiger partial charge in [0.05, 0.1) is 19.8 Å². The minimum atomic E-state index is -0.787. The van der Waals surface area contributed by atoms with Crippen LogP contribution in [0.4, 0.5) is 0 Å². The SMILES string of the molecule is COc1ccc(C(=O)N2CCC[C@H](CCC(=O)O)C2)c(OC)c1. The number of methoxy groups -OCH3 is 2. The summed E-state index contributed by atoms with van der Waals surface area (Å²) in [5.41, 5.74) is 0.507. The van der Waals surface area contributed by atoms with Gasteiger partial charge in [-0.1, -0.05) is 0 Å². The minimum absolute atomic E-state index is 0.0791. The molecule has 0 spiro atoms. The lowest BCUT2D eigenvalue weighted by Crippen LogP contribution is -2.40. The Morgan fingerprint density at radius 2 is 2.09 bits per heavy atom. The van der Waals surface area contributed by atoms with Gasteiger partial charge in [-0.3, -0.25) is 9.59 Å². The van der Waals surface area contributed by atoms with E-state index in [-0.39, 0.29) is 18.2 Å². The first-order valence-corrected chi connectivity index (χ1v) is 7.78. The summed E-state index contributed by atoms with van der Waals surface area (Å²) in [5.74, 6) is 0.501. The van der Waals surface area contributed by atoms with Crippen molar-refractivity contribution >= 4 is 11.9 Å². The Morgan fingerprint density at radius 3 is 2.74 bits per heavy atom. The summed E-state index contributed by atoms with van der Waals surface area (Å²) in [6.07, 6.45) is 2.63. The normalized spacial score (nSPS) is 17.7. The number of carboxylic acids is 1. The van der Waals surface area contributed by atoms with Gasteiger partial charge in [-0.05, 0) is 37.3 Å². The number of ether oxygens (including phenoxy) is 2. The number of hydrogen-bond acceptors (Lipinski definition) is 4. The summed E-state index contributed by atoms with van der Waals surface area (Å²) in [4.78, 5) is 25.3. The summed E-state index contributed by atoms with van der Waals surface area (Å²) in [6, 6.07) is 5.14. The zero-order chi connectivity index (χ0) is 16.8. The fourth-order valence-corrected chi connectivity index (χ4v) is 2.96. The lowest BCUT2D eigenvalue weighted by atomic mass is 9.93. The monoisotopic (exact) mass is 321 g/mol. The van der Waals surface area contributed by atoms with E-state index in [1.807, 2.05) is 0 Å². The van der Waals surface area contributed by atoms with Crippen molar-refractivity contribution < 1.29 is 24.2 Å². The number of aliphatic carboxylic acids is 1. The molecule has 23 heavy (non-hydrogen) atoms. The second-order valence-electron chi connectivity index (χ2n) is 5.76. The van der Waals surface area contributed by atoms with Crippen LogP contribution in [-0.4, -0.2) is 49.2 Å². The predicted octanol–water partition coefficient (Wildman–Crippen LogP) is 2.42. The highest BCUT2D eigenvalue weighted by Crippen LogP contribution is 2.28. The Labute approximate surface area is 136 Å². The highest BCUT2D eigenvalue weighted by Gasteiger charge is 2.26. The lowest BCUT2D eigenvalue weighted by Gasteiger charge is -2.33. The maximum absolute atomic E-state index is 12.8. The number of likely N-dealkylation sites (tertiary alicyclic amines) is 1. The molecule has 1 fully saturated rings. The number of benzene rings is 1. The summed E-state index contributed by atoms with van der Waals surface area (Å²) < 4.78 is 10.4. The summed E-state index contributed by atoms with van der Waals surface area (Å²) in [7, 11) is 3.09. The van der Waals surface area contributed by atoms with Crippen LogP contribution in [0.2, 0.25) is 0 Å². The van der Waals surface area contributed by atoms with Gasteiger partial charge in [-0.25, -0.2) is 0 Å². The highest BCUT2D eigenvalue weighted by atomic mass is 16.5. The van der Waals surface area contributed by atoms with E-state index in [4.69, 9.17) is 14.6 Å². The van der Waals surface area contributed by atoms with Gasteiger partial charge in [0.2, 0.25) is 0 Å². The molecule has 1 aromatic carbocycles. The van der Waals surface area contributed by atoms with Gasteiger partial charge in [0, 0.05) is 25.6 Å². The summed E-state index contributed by atoms with van der Waals surface area (Å²) in [5, 5.41) is 8.81. The maximum Gasteiger partial charge on any atom is 0.303 e. The second-order valence-corrected chi connectivity index (χ2v) is 5.76. The van der Waals surface area contributed by atoms with E-state index in [2.05, 4.69) is 0 Å². The third kappa shape index (κ3) is 4.37. The number of hydrogen-bond donors (Lipinski definition) is 1. The van der Waals surface area contributed by atoms with Crippen LogP contribution in [0.5, 0.6) is 11.5 Å². The molecule has 1 heterocycles. The molecule has 6 nitrogen and oxygen atoms in total. The molecule has 1 N–H and O–H groups in total. The maximum atomic E-state index is 12.8. The summed E-state index contributed by atoms with van der Waals surface area (Å²) >= 11 is 0. The van der Waals surface area contributed by atoms with Gasteiger partial charge in [0.1, 0.15) is 11.5 Å². The van der Waals surface area contributed by atoms with E-state index in [9.17, 15) is 9.59 Å². The second kappa shape index (κ2) is 7.85. The summed E-state index contributed by atoms with van der Waals surface area (Å²) in [6.45, 7) is 1.29. The molecule has 0 aliphatic carbocycles. The molecule has 1 amide bonds. The van der Waals surface area contributed by atoms with Gasteiger partial charge >= 0.3 is 5.97 Å². The molecule has 6 heteroatoms. The molecular formula is C17H23NO5. The van der Waals surface area contributed by atoms with Gasteiger partial charge in [-0.15, -0.1) is 0 Å². The third-order valence-corrected chi connectivity index (χ3v) is 4.21. The first-order valence-electron chi connectivity index (χ1n) is 7.78. The third-order valence-electron chi connectivity index (χ3n) is 4.21. The van der Waals surface area contributed by atoms with Crippen LogP contribution >= 0.6 is 0 Å². The zero-order valence-corrected chi connectivity index (χ0v) is 13.6. The average Bonchev–Trinajstić information content (AvgIpc) is 2.59. The van der Waals surface area contributed by atoms with Gasteiger partial charge in [0.25, 0.3) is 5.91 Å². The minimum Gasteiger partial charge on any atom is -0.497 e. The van der Waals surface area contributed by atoms with Crippen molar-refractivity contribution in [1.82, 2.24) is 4.90 Å². The molecule has 0 unspecified atom stereocenters. The van der Waals surface area contributed by atoms with Crippen molar-refractivity contribution in [3.63, 3.8) is 0 Å². The number of carbonyl (C=O) groups is 2. The fraction of sp³-hybridized carbons (Fsp3) is 0.529. The molecular weight excluding hydrogens is 298 g/mol. The molecule has 1 saturated heterocycles. The van der Waals surface area contributed by atoms with E-state index >= 15 is 0 Å². The standard InChI is InChI=1S/C17H23NO5/c1-22-13-6-7-14(15(10-13)23-2)17(21)18-9-3-4-12(11-18)5-8-16(19)20/h6-7,10,12H,3-5,8-9,11H2,1-2H3,(H,19,20)/t12-/m1/s1. The molecule has 1 aliphatic rings. The van der Waals surface area contributed by atoms with Crippen LogP contribution in [0.25, 0.3) is 0 Å². The van der Waals surface area contributed by atoms with E-state index in [1.165, 1.54) is 7.11 Å². The Kier molecular flexibility index (Phi) is 5.84. The van der Waals surface area contributed by atoms with Crippen molar-refractivity contribution in [2.75, 3.05) is 27.3 Å². The Bertz CT molecular complexity index is 572. The lowest BCUT2D eigenvalue weighted by molar-refractivity contribution is -0.137. The highest BCUT2D eigenvalue weighted by molar-refractivity contribution is 5.97. The van der Waals surface area contributed by atoms with Crippen LogP contribution in [0.3, 0.4) is 0 Å². The van der Waals surface area contributed by atoms with E-state index in [1.54, 1.807) is 30.2 Å². The van der Waals surface area contributed by atoms with Crippen molar-refractivity contribution in [2.45, 2.75) is 25.7 Å². The van der Waals surface area contributed by atoms with Gasteiger partial charge in [-0.2, -0.15) is 0 Å². The first kappa shape index (κ1) is 17.1. The van der Waals surface area contributed by atoms with Crippen molar-refractivity contribution in [2.24, 2.45) is 5.92 Å². The number of carbonyl (C=O) groups excluding carboxylic acids is 1. The topological polar surface area (TPSA) is 76.1 Å². The number of amides is 1. The van der Waals surface area contributed by atoms with Crippen molar-refractivity contribution in [3.8, 4) is 11.5 Å². The fourth-order valence-electron chi connectivity index (χ4n) is 2.96. The smallest absolute Gasteiger partial charge is 0.303 e. The zero-order valence-electron chi connectivity index (χ0n) is 13.6. The molecule has 1 atom stereocenters. The van der Waals surface area contributed by atoms with Gasteiger partial charge in [0.15, 0.2) is 0 Å². The van der Waals surface area contributed by atoms with Crippen LogP contribution in [0.15, 0.2) is 18.2 Å².